The molecule has 3 rings (SSSR count). The molecule has 0 aliphatic rings. The van der Waals surface area contributed by atoms with Gasteiger partial charge in [-0.15, -0.1) is 0 Å². The van der Waals surface area contributed by atoms with E-state index in [1.54, 1.807) is 12.3 Å². The largest absolute Gasteiger partial charge is 0.322 e. The summed E-state index contributed by atoms with van der Waals surface area (Å²) in [5.41, 5.74) is 2.18. The van der Waals surface area contributed by atoms with E-state index in [4.69, 9.17) is 11.6 Å². The molecule has 0 saturated heterocycles. The zero-order chi connectivity index (χ0) is 32.0. The van der Waals surface area contributed by atoms with E-state index in [1.165, 1.54) is 87.9 Å². The molecule has 1 aromatic heterocycles. The average molecular weight is 645 g/mol. The number of amides is 1. The molecule has 1 amide bonds. The van der Waals surface area contributed by atoms with Gasteiger partial charge in [0.25, 0.3) is 5.91 Å². The van der Waals surface area contributed by atoms with Crippen molar-refractivity contribution in [3.05, 3.63) is 53.2 Å². The maximum Gasteiger partial charge on any atom is 0.256 e. The molecular weight excluding hydrogens is 596 g/mol. The number of nitrogens with one attached hydrogen (secondary N) is 2. The lowest BCUT2D eigenvalue weighted by Crippen LogP contribution is -2.32. The third-order valence-electron chi connectivity index (χ3n) is 7.89. The van der Waals surface area contributed by atoms with Gasteiger partial charge in [0.2, 0.25) is 10.0 Å². The normalized spacial score (nSPS) is 12.4. The first-order valence-corrected chi connectivity index (χ1v) is 18.2. The summed E-state index contributed by atoms with van der Waals surface area (Å²) in [5, 5.41) is 8.03. The van der Waals surface area contributed by atoms with Crippen LogP contribution in [0.15, 0.2) is 42.6 Å². The summed E-state index contributed by atoms with van der Waals surface area (Å²) < 4.78 is 29.5. The molecule has 0 bridgehead atoms. The Kier molecular flexibility index (Phi) is 14.7. The lowest BCUT2D eigenvalue weighted by Gasteiger charge is -2.17. The summed E-state index contributed by atoms with van der Waals surface area (Å²) >= 11 is 6.34. The van der Waals surface area contributed by atoms with Crippen LogP contribution in [0.4, 0.5) is 11.4 Å². The summed E-state index contributed by atoms with van der Waals surface area (Å²) in [6.07, 6.45) is 18.4. The minimum atomic E-state index is -3.58. The zero-order valence-electron chi connectivity index (χ0n) is 26.5. The van der Waals surface area contributed by atoms with Gasteiger partial charge in [0.1, 0.15) is 0 Å². The molecular formula is C34H49ClN4O4S. The fraction of sp³-hybridized carbons (Fsp3) is 0.559. The highest BCUT2D eigenvalue weighted by molar-refractivity contribution is 7.92. The standard InChI is InChI=1S/C34H49ClN4O4S/c1-4-5-6-7-8-9-10-11-12-13-14-15-16-17-22-44(42,43)38-29-19-20-30(35)31(24-29)37-34(41)33(27(3)40)39-32-21-18-26(2)23-28(32)25-36-39/h18-21,23-25,33,38H,4-17,22H2,1-3H3,(H,37,41). The van der Waals surface area contributed by atoms with Crippen LogP contribution in [0.3, 0.4) is 0 Å². The van der Waals surface area contributed by atoms with Crippen molar-refractivity contribution in [3.63, 3.8) is 0 Å². The maximum atomic E-state index is 13.3. The Morgan fingerprint density at radius 2 is 1.45 bits per heavy atom. The Morgan fingerprint density at radius 3 is 2.05 bits per heavy atom. The SMILES string of the molecule is CCCCCCCCCCCCCCCCS(=O)(=O)Nc1ccc(Cl)c(NC(=O)C(C(C)=O)n2ncc3cc(C)ccc32)c1. The fourth-order valence-electron chi connectivity index (χ4n) is 5.45. The number of carbonyl (C=O) groups excluding carboxylic acids is 2. The smallest absolute Gasteiger partial charge is 0.256 e. The number of hydrogen-bond acceptors (Lipinski definition) is 5. The van der Waals surface area contributed by atoms with E-state index < -0.39 is 27.8 Å². The van der Waals surface area contributed by atoms with E-state index in [0.717, 1.165) is 30.2 Å². The van der Waals surface area contributed by atoms with Crippen molar-refractivity contribution in [2.45, 2.75) is 117 Å². The van der Waals surface area contributed by atoms with Crippen molar-refractivity contribution in [1.29, 1.82) is 0 Å². The molecule has 0 saturated carbocycles. The molecule has 0 radical (unpaired) electrons. The van der Waals surface area contributed by atoms with Gasteiger partial charge in [0, 0.05) is 5.39 Å². The number of rotatable bonds is 21. The molecule has 0 fully saturated rings. The first kappa shape index (κ1) is 35.6. The van der Waals surface area contributed by atoms with Crippen molar-refractivity contribution in [2.75, 3.05) is 15.8 Å². The van der Waals surface area contributed by atoms with Crippen LogP contribution in [-0.2, 0) is 19.6 Å². The Hall–Kier alpha value is -2.91. The number of benzene rings is 2. The van der Waals surface area contributed by atoms with E-state index >= 15 is 0 Å². The molecule has 2 N–H and O–H groups in total. The first-order valence-electron chi connectivity index (χ1n) is 16.2. The number of hydrogen-bond donors (Lipinski definition) is 2. The summed E-state index contributed by atoms with van der Waals surface area (Å²) in [5.74, 6) is -0.991. The first-order chi connectivity index (χ1) is 21.1. The van der Waals surface area contributed by atoms with Crippen LogP contribution >= 0.6 is 11.6 Å². The van der Waals surface area contributed by atoms with E-state index in [1.807, 2.05) is 25.1 Å². The molecule has 0 spiro atoms. The third-order valence-corrected chi connectivity index (χ3v) is 9.60. The molecule has 10 heteroatoms. The quantitative estimate of drug-likeness (QED) is 0.0888. The number of ketones is 1. The van der Waals surface area contributed by atoms with Gasteiger partial charge in [0.15, 0.2) is 11.8 Å². The Labute approximate surface area is 268 Å². The molecule has 2 aromatic carbocycles. The minimum absolute atomic E-state index is 0.0214. The van der Waals surface area contributed by atoms with E-state index in [0.29, 0.717) is 11.9 Å². The van der Waals surface area contributed by atoms with Gasteiger partial charge in [-0.2, -0.15) is 5.10 Å². The highest BCUT2D eigenvalue weighted by Gasteiger charge is 2.28. The Morgan fingerprint density at radius 1 is 0.864 bits per heavy atom. The third kappa shape index (κ3) is 11.5. The molecule has 0 aliphatic carbocycles. The molecule has 0 aliphatic heterocycles. The molecule has 242 valence electrons. The number of fused-ring (bicyclic) bond motifs is 1. The van der Waals surface area contributed by atoms with E-state index in [9.17, 15) is 18.0 Å². The van der Waals surface area contributed by atoms with E-state index in [2.05, 4.69) is 22.1 Å². The van der Waals surface area contributed by atoms with Gasteiger partial charge in [0.05, 0.1) is 33.9 Å². The van der Waals surface area contributed by atoms with Crippen LogP contribution in [0.1, 0.15) is 115 Å². The fourth-order valence-corrected chi connectivity index (χ4v) is 6.79. The number of aryl methyl sites for hydroxylation is 1. The maximum absolute atomic E-state index is 13.3. The van der Waals surface area contributed by atoms with Crippen molar-refractivity contribution in [1.82, 2.24) is 9.78 Å². The van der Waals surface area contributed by atoms with Crippen LogP contribution in [0.5, 0.6) is 0 Å². The summed E-state index contributed by atoms with van der Waals surface area (Å²) in [4.78, 5) is 25.8. The van der Waals surface area contributed by atoms with Gasteiger partial charge in [-0.25, -0.2) is 13.1 Å². The second-order valence-corrected chi connectivity index (χ2v) is 14.1. The lowest BCUT2D eigenvalue weighted by atomic mass is 10.0. The van der Waals surface area contributed by atoms with Crippen molar-refractivity contribution in [2.24, 2.45) is 0 Å². The summed E-state index contributed by atoms with van der Waals surface area (Å²) in [6, 6.07) is 8.95. The van der Waals surface area contributed by atoms with Crippen LogP contribution in [0.25, 0.3) is 10.9 Å². The molecule has 1 heterocycles. The van der Waals surface area contributed by atoms with Crippen molar-refractivity contribution in [3.8, 4) is 0 Å². The minimum Gasteiger partial charge on any atom is -0.322 e. The van der Waals surface area contributed by atoms with Crippen LogP contribution in [-0.4, -0.2) is 35.6 Å². The number of Topliss-reactive ketones (excluding diaryl/α,β-unsaturated/α-hetero) is 1. The summed E-state index contributed by atoms with van der Waals surface area (Å²) in [6.45, 7) is 5.53. The second kappa shape index (κ2) is 18.2. The van der Waals surface area contributed by atoms with Crippen molar-refractivity contribution >= 4 is 55.6 Å². The molecule has 1 atom stereocenters. The number of aromatic nitrogens is 2. The topological polar surface area (TPSA) is 110 Å². The highest BCUT2D eigenvalue weighted by Crippen LogP contribution is 2.28. The number of halogens is 1. The average Bonchev–Trinajstić information content (AvgIpc) is 3.37. The molecule has 8 nitrogen and oxygen atoms in total. The molecule has 44 heavy (non-hydrogen) atoms. The van der Waals surface area contributed by atoms with Crippen LogP contribution in [0, 0.1) is 6.92 Å². The molecule has 3 aromatic rings. The monoisotopic (exact) mass is 644 g/mol. The number of unbranched alkanes of at least 4 members (excludes halogenated alkanes) is 13. The Bertz CT molecular complexity index is 1470. The summed E-state index contributed by atoms with van der Waals surface area (Å²) in [7, 11) is -3.58. The van der Waals surface area contributed by atoms with Crippen LogP contribution < -0.4 is 10.0 Å². The highest BCUT2D eigenvalue weighted by atomic mass is 35.5. The lowest BCUT2D eigenvalue weighted by molar-refractivity contribution is -0.129. The van der Waals surface area contributed by atoms with Gasteiger partial charge in [-0.1, -0.05) is 114 Å². The second-order valence-electron chi connectivity index (χ2n) is 11.9. The van der Waals surface area contributed by atoms with Gasteiger partial charge in [-0.05, 0) is 50.6 Å². The number of sulfonamides is 1. The number of nitrogens with zero attached hydrogens (tertiary/aromatic N) is 2. The number of anilines is 2. The predicted molar refractivity (Wildman–Crippen MR) is 182 cm³/mol. The number of carbonyl (C=O) groups is 2. The zero-order valence-corrected chi connectivity index (χ0v) is 28.1. The predicted octanol–water partition coefficient (Wildman–Crippen LogP) is 8.99. The van der Waals surface area contributed by atoms with Gasteiger partial charge >= 0.3 is 0 Å². The van der Waals surface area contributed by atoms with Gasteiger partial charge < -0.3 is 5.32 Å². The van der Waals surface area contributed by atoms with Gasteiger partial charge in [-0.3, -0.25) is 14.3 Å². The van der Waals surface area contributed by atoms with E-state index in [-0.39, 0.29) is 22.2 Å². The van der Waals surface area contributed by atoms with Crippen molar-refractivity contribution < 1.29 is 18.0 Å². The Balaban J connectivity index is 1.44. The van der Waals surface area contributed by atoms with Crippen LogP contribution in [0.2, 0.25) is 5.02 Å². The molecule has 1 unspecified atom stereocenters.